The Hall–Kier alpha value is -0.830. The Bertz CT molecular complexity index is 705. The van der Waals surface area contributed by atoms with E-state index in [0.29, 0.717) is 12.2 Å². The van der Waals surface area contributed by atoms with E-state index < -0.39 is 48.2 Å². The molecule has 6 atom stereocenters. The molecular weight excluding hydrogens is 412 g/mol. The van der Waals surface area contributed by atoms with Crippen LogP contribution in [0.1, 0.15) is 84.0 Å². The van der Waals surface area contributed by atoms with Gasteiger partial charge in [0.25, 0.3) is 0 Å². The molecule has 1 N–H and O–H groups in total. The van der Waals surface area contributed by atoms with Gasteiger partial charge in [-0.2, -0.15) is 0 Å². The molecule has 0 amide bonds. The Labute approximate surface area is 190 Å². The van der Waals surface area contributed by atoms with Crippen LogP contribution < -0.4 is 0 Å². The lowest BCUT2D eigenvalue weighted by Gasteiger charge is -2.42. The van der Waals surface area contributed by atoms with Gasteiger partial charge in [-0.25, -0.2) is 0 Å². The number of ketones is 1. The molecule has 3 aliphatic heterocycles. The zero-order valence-corrected chi connectivity index (χ0v) is 19.3. The van der Waals surface area contributed by atoms with Gasteiger partial charge in [-0.15, -0.1) is 0 Å². The lowest BCUT2D eigenvalue weighted by atomic mass is 9.81. The fraction of sp³-hybridized carbons (Fsp3) is 0.880. The number of aliphatic hydroxyl groups is 1. The number of carbonyl (C=O) groups excluding carboxylic acids is 1. The third-order valence-corrected chi connectivity index (χ3v) is 8.03. The molecule has 2 aliphatic carbocycles. The second-order valence-electron chi connectivity index (χ2n) is 10.5. The van der Waals surface area contributed by atoms with Crippen molar-refractivity contribution in [3.8, 4) is 0 Å². The Morgan fingerprint density at radius 1 is 0.875 bits per heavy atom. The summed E-state index contributed by atoms with van der Waals surface area (Å²) in [6, 6.07) is 0. The Morgan fingerprint density at radius 2 is 1.47 bits per heavy atom. The molecule has 0 aromatic rings. The molecule has 3 heterocycles. The van der Waals surface area contributed by atoms with Gasteiger partial charge in [0.15, 0.2) is 23.6 Å². The highest BCUT2D eigenvalue weighted by Crippen LogP contribution is 2.48. The average molecular weight is 451 g/mol. The molecule has 3 saturated heterocycles. The minimum atomic E-state index is -0.945. The number of ether oxygens (including phenoxy) is 5. The first-order chi connectivity index (χ1) is 15.4. The van der Waals surface area contributed by atoms with Crippen LogP contribution in [-0.2, 0) is 28.5 Å². The van der Waals surface area contributed by atoms with Crippen LogP contribution in [0.3, 0.4) is 0 Å². The average Bonchev–Trinajstić information content (AvgIpc) is 3.14. The van der Waals surface area contributed by atoms with E-state index in [-0.39, 0.29) is 5.78 Å². The number of rotatable bonds is 3. The minimum Gasteiger partial charge on any atom is -0.390 e. The summed E-state index contributed by atoms with van der Waals surface area (Å²) < 4.78 is 31.6. The summed E-state index contributed by atoms with van der Waals surface area (Å²) in [5.41, 5.74) is 0.400. The van der Waals surface area contributed by atoms with Crippen molar-refractivity contribution in [1.29, 1.82) is 0 Å². The maximum absolute atomic E-state index is 13.1. The number of hydrogen-bond donors (Lipinski definition) is 1. The molecule has 32 heavy (non-hydrogen) atoms. The first kappa shape index (κ1) is 22.9. The van der Waals surface area contributed by atoms with Crippen molar-refractivity contribution >= 4 is 5.78 Å². The second kappa shape index (κ2) is 9.08. The predicted octanol–water partition coefficient (Wildman–Crippen LogP) is 3.77. The summed E-state index contributed by atoms with van der Waals surface area (Å²) in [6.07, 6.45) is 8.44. The van der Waals surface area contributed by atoms with E-state index in [0.717, 1.165) is 64.2 Å². The molecular formula is C25H38O7. The lowest BCUT2D eigenvalue weighted by molar-refractivity contribution is -0.254. The van der Waals surface area contributed by atoms with E-state index in [4.69, 9.17) is 23.7 Å². The standard InChI is InChI=1S/C25H38O7/c1-16(2)19(26)21-18(17-15-28-24(30-17)11-7-3-4-8-12-24)20(27)22-23(29-21)32-25(31-22)13-9-5-6-10-14-25/h17-18,20-23,27H,1,3-15H2,2H3/t17?,18-,20+,21?,22-,23-/m1/s1. The van der Waals surface area contributed by atoms with E-state index in [1.165, 1.54) is 12.8 Å². The van der Waals surface area contributed by atoms with E-state index in [9.17, 15) is 9.90 Å². The fourth-order valence-electron chi connectivity index (χ4n) is 6.27. The maximum Gasteiger partial charge on any atom is 0.190 e. The molecule has 0 aromatic carbocycles. The van der Waals surface area contributed by atoms with Crippen molar-refractivity contribution in [1.82, 2.24) is 0 Å². The van der Waals surface area contributed by atoms with Crippen molar-refractivity contribution < 1.29 is 33.6 Å². The summed E-state index contributed by atoms with van der Waals surface area (Å²) in [6.45, 7) is 5.86. The predicted molar refractivity (Wildman–Crippen MR) is 116 cm³/mol. The first-order valence-corrected chi connectivity index (χ1v) is 12.6. The topological polar surface area (TPSA) is 83.5 Å². The molecule has 2 unspecified atom stereocenters. The van der Waals surface area contributed by atoms with Gasteiger partial charge < -0.3 is 28.8 Å². The largest absolute Gasteiger partial charge is 0.390 e. The molecule has 7 nitrogen and oxygen atoms in total. The third kappa shape index (κ3) is 4.21. The Morgan fingerprint density at radius 3 is 2.06 bits per heavy atom. The Kier molecular flexibility index (Phi) is 6.51. The van der Waals surface area contributed by atoms with Crippen LogP contribution >= 0.6 is 0 Å². The molecule has 2 saturated carbocycles. The zero-order chi connectivity index (χ0) is 22.3. The molecule has 0 bridgehead atoms. The van der Waals surface area contributed by atoms with E-state index >= 15 is 0 Å². The summed E-state index contributed by atoms with van der Waals surface area (Å²) >= 11 is 0. The first-order valence-electron chi connectivity index (χ1n) is 12.6. The monoisotopic (exact) mass is 450 g/mol. The third-order valence-electron chi connectivity index (χ3n) is 8.03. The molecule has 5 fully saturated rings. The number of hydrogen-bond acceptors (Lipinski definition) is 7. The van der Waals surface area contributed by atoms with Gasteiger partial charge in [-0.1, -0.05) is 32.3 Å². The fourth-order valence-corrected chi connectivity index (χ4v) is 6.27. The molecule has 5 aliphatic rings. The van der Waals surface area contributed by atoms with Crippen molar-refractivity contribution in [2.24, 2.45) is 5.92 Å². The summed E-state index contributed by atoms with van der Waals surface area (Å²) in [7, 11) is 0. The van der Waals surface area contributed by atoms with Gasteiger partial charge in [0.05, 0.1) is 24.7 Å². The van der Waals surface area contributed by atoms with Crippen LogP contribution in [0.5, 0.6) is 0 Å². The highest BCUT2D eigenvalue weighted by atomic mass is 16.8. The highest BCUT2D eigenvalue weighted by Gasteiger charge is 2.61. The second-order valence-corrected chi connectivity index (χ2v) is 10.5. The van der Waals surface area contributed by atoms with Crippen LogP contribution in [0.4, 0.5) is 0 Å². The lowest BCUT2D eigenvalue weighted by Crippen LogP contribution is -2.59. The summed E-state index contributed by atoms with van der Waals surface area (Å²) in [4.78, 5) is 13.1. The van der Waals surface area contributed by atoms with Gasteiger partial charge in [0.1, 0.15) is 12.2 Å². The van der Waals surface area contributed by atoms with Gasteiger partial charge in [0.2, 0.25) is 0 Å². The van der Waals surface area contributed by atoms with Gasteiger partial charge in [-0.05, 0) is 38.2 Å². The highest BCUT2D eigenvalue weighted by molar-refractivity contribution is 5.98. The molecule has 5 rings (SSSR count). The maximum atomic E-state index is 13.1. The van der Waals surface area contributed by atoms with Crippen molar-refractivity contribution in [3.63, 3.8) is 0 Å². The van der Waals surface area contributed by atoms with Crippen LogP contribution in [0.2, 0.25) is 0 Å². The summed E-state index contributed by atoms with van der Waals surface area (Å²) in [5, 5.41) is 11.5. The molecule has 2 spiro atoms. The van der Waals surface area contributed by atoms with E-state index in [1.54, 1.807) is 6.92 Å². The summed E-state index contributed by atoms with van der Waals surface area (Å²) in [5.74, 6) is -2.14. The van der Waals surface area contributed by atoms with Crippen LogP contribution in [0, 0.1) is 5.92 Å². The number of aliphatic hydroxyl groups excluding tert-OH is 1. The van der Waals surface area contributed by atoms with Gasteiger partial charge >= 0.3 is 0 Å². The van der Waals surface area contributed by atoms with Crippen molar-refractivity contribution in [2.75, 3.05) is 6.61 Å². The zero-order valence-electron chi connectivity index (χ0n) is 19.3. The SMILES string of the molecule is C=C(C)C(=O)C1O[C@@H]2OC3(CCCCCC3)O[C@@H]2[C@@H](O)[C@H]1C1COC2(CCCCCC2)O1. The van der Waals surface area contributed by atoms with Crippen LogP contribution in [0.25, 0.3) is 0 Å². The minimum absolute atomic E-state index is 0.219. The number of fused-ring (bicyclic) bond motifs is 1. The molecule has 0 radical (unpaired) electrons. The van der Waals surface area contributed by atoms with Gasteiger partial charge in [0, 0.05) is 25.7 Å². The van der Waals surface area contributed by atoms with Crippen LogP contribution in [0.15, 0.2) is 12.2 Å². The van der Waals surface area contributed by atoms with Crippen LogP contribution in [-0.4, -0.2) is 59.8 Å². The smallest absolute Gasteiger partial charge is 0.190 e. The molecule has 180 valence electrons. The Balaban J connectivity index is 1.39. The van der Waals surface area contributed by atoms with E-state index in [1.807, 2.05) is 0 Å². The quantitative estimate of drug-likeness (QED) is 0.656. The van der Waals surface area contributed by atoms with Gasteiger partial charge in [-0.3, -0.25) is 4.79 Å². The number of Topliss-reactive ketones (excluding diaryl/α,β-unsaturated/α-hetero) is 1. The van der Waals surface area contributed by atoms with Crippen molar-refractivity contribution in [2.45, 2.75) is 126 Å². The normalized spacial score (nSPS) is 41.2. The van der Waals surface area contributed by atoms with E-state index in [2.05, 4.69) is 6.58 Å². The molecule has 0 aromatic heterocycles. The number of carbonyl (C=O) groups is 1. The van der Waals surface area contributed by atoms with Crippen molar-refractivity contribution in [3.05, 3.63) is 12.2 Å². The molecule has 7 heteroatoms.